The average Bonchev–Trinajstić information content (AvgIpc) is 3.39. The Morgan fingerprint density at radius 1 is 1.04 bits per heavy atom. The second-order valence-electron chi connectivity index (χ2n) is 13.3. The number of fused-ring (bicyclic) bond motifs is 3. The molecule has 7 heterocycles. The topological polar surface area (TPSA) is 94.8 Å². The molecule has 1 aromatic carbocycles. The van der Waals surface area contributed by atoms with Gasteiger partial charge >= 0.3 is 6.09 Å². The molecule has 242 valence electrons. The number of amides is 1. The smallest absolute Gasteiger partial charge is 0.410 e. The van der Waals surface area contributed by atoms with Gasteiger partial charge in [0.1, 0.15) is 29.0 Å². The van der Waals surface area contributed by atoms with Crippen molar-refractivity contribution in [2.24, 2.45) is 0 Å². The molecule has 4 aliphatic rings. The number of carbonyl (C=O) groups is 1. The summed E-state index contributed by atoms with van der Waals surface area (Å²) in [5, 5.41) is 6.94. The van der Waals surface area contributed by atoms with Gasteiger partial charge in [0.25, 0.3) is 0 Å². The van der Waals surface area contributed by atoms with E-state index >= 15 is 0 Å². The zero-order chi connectivity index (χ0) is 32.2. The highest BCUT2D eigenvalue weighted by atomic mass is 35.5. The third-order valence-electron chi connectivity index (χ3n) is 8.86. The van der Waals surface area contributed by atoms with Crippen molar-refractivity contribution in [3.63, 3.8) is 0 Å². The predicted octanol–water partition coefficient (Wildman–Crippen LogP) is 7.84. The van der Waals surface area contributed by atoms with Crippen LogP contribution in [0.4, 0.5) is 10.6 Å². The number of hydrogen-bond donors (Lipinski definition) is 0. The van der Waals surface area contributed by atoms with E-state index < -0.39 is 11.7 Å². The van der Waals surface area contributed by atoms with E-state index in [1.54, 1.807) is 12.4 Å². The van der Waals surface area contributed by atoms with E-state index in [1.807, 2.05) is 67.7 Å². The Labute approximate surface area is 278 Å². The van der Waals surface area contributed by atoms with E-state index in [1.165, 1.54) is 0 Å². The Bertz CT molecular complexity index is 1720. The third-order valence-corrected chi connectivity index (χ3v) is 9.46. The van der Waals surface area contributed by atoms with Gasteiger partial charge in [-0.05, 0) is 83.7 Å². The van der Waals surface area contributed by atoms with Crippen LogP contribution in [0.2, 0.25) is 10.0 Å². The minimum Gasteiger partial charge on any atom is -0.486 e. The summed E-state index contributed by atoms with van der Waals surface area (Å²) < 4.78 is 20.1. The second-order valence-corrected chi connectivity index (χ2v) is 14.1. The van der Waals surface area contributed by atoms with Crippen LogP contribution in [0.5, 0.6) is 5.75 Å². The molecule has 46 heavy (non-hydrogen) atoms. The molecule has 3 aromatic heterocycles. The van der Waals surface area contributed by atoms with Gasteiger partial charge in [-0.15, -0.1) is 0 Å². The SMILES string of the molecule is C[C@@H](Oc1ccc2c(c1)c(-c1ccc(N3CC4CC(C3)N4C(=O)OC(C)(C)C)nc1)nn2C1CCCCO1)c1c(Cl)cncc1Cl. The Kier molecular flexibility index (Phi) is 8.23. The molecule has 0 N–H and O–H groups in total. The molecule has 10 nitrogen and oxygen atoms in total. The molecule has 4 aromatic rings. The molecule has 0 radical (unpaired) electrons. The molecule has 4 fully saturated rings. The lowest BCUT2D eigenvalue weighted by molar-refractivity contribution is -0.0381. The number of rotatable bonds is 6. The highest BCUT2D eigenvalue weighted by molar-refractivity contribution is 6.35. The number of ether oxygens (including phenoxy) is 3. The number of pyridine rings is 2. The van der Waals surface area contributed by atoms with Crippen LogP contribution >= 0.6 is 23.2 Å². The van der Waals surface area contributed by atoms with Crippen molar-refractivity contribution >= 4 is 46.0 Å². The van der Waals surface area contributed by atoms with Crippen molar-refractivity contribution in [1.29, 1.82) is 0 Å². The van der Waals surface area contributed by atoms with Crippen molar-refractivity contribution in [1.82, 2.24) is 24.6 Å². The summed E-state index contributed by atoms with van der Waals surface area (Å²) in [7, 11) is 0. The van der Waals surface area contributed by atoms with Crippen LogP contribution < -0.4 is 9.64 Å². The first kappa shape index (κ1) is 31.0. The van der Waals surface area contributed by atoms with Crippen molar-refractivity contribution in [3.8, 4) is 17.0 Å². The van der Waals surface area contributed by atoms with Crippen LogP contribution in [0.15, 0.2) is 48.9 Å². The minimum absolute atomic E-state index is 0.128. The first-order chi connectivity index (χ1) is 22.1. The Balaban J connectivity index is 1.15. The summed E-state index contributed by atoms with van der Waals surface area (Å²) in [6.45, 7) is 9.78. The van der Waals surface area contributed by atoms with Gasteiger partial charge in [0.15, 0.2) is 6.23 Å². The number of hydrogen-bond acceptors (Lipinski definition) is 8. The van der Waals surface area contributed by atoms with Gasteiger partial charge in [0.05, 0.1) is 27.6 Å². The molecule has 3 unspecified atom stereocenters. The molecule has 2 bridgehead atoms. The first-order valence-corrected chi connectivity index (χ1v) is 16.6. The molecule has 4 saturated heterocycles. The summed E-state index contributed by atoms with van der Waals surface area (Å²) in [6, 6.07) is 10.3. The number of aromatic nitrogens is 4. The molecule has 8 rings (SSSR count). The zero-order valence-electron chi connectivity index (χ0n) is 26.5. The number of nitrogens with zero attached hydrogens (tertiary/aromatic N) is 6. The molecular weight excluding hydrogens is 627 g/mol. The highest BCUT2D eigenvalue weighted by Crippen LogP contribution is 2.39. The fourth-order valence-corrected chi connectivity index (χ4v) is 7.41. The van der Waals surface area contributed by atoms with Gasteiger partial charge in [-0.3, -0.25) is 9.88 Å². The highest BCUT2D eigenvalue weighted by Gasteiger charge is 2.49. The summed E-state index contributed by atoms with van der Waals surface area (Å²) in [4.78, 5) is 25.8. The molecule has 0 saturated carbocycles. The third kappa shape index (κ3) is 5.98. The molecule has 12 heteroatoms. The van der Waals surface area contributed by atoms with Crippen LogP contribution in [-0.4, -0.2) is 68.1 Å². The monoisotopic (exact) mass is 664 g/mol. The maximum atomic E-state index is 12.7. The average molecular weight is 666 g/mol. The van der Waals surface area contributed by atoms with Crippen LogP contribution in [-0.2, 0) is 9.47 Å². The Hall–Kier alpha value is -3.60. The van der Waals surface area contributed by atoms with Crippen LogP contribution in [0.25, 0.3) is 22.2 Å². The Morgan fingerprint density at radius 2 is 1.80 bits per heavy atom. The van der Waals surface area contributed by atoms with Gasteiger partial charge in [-0.2, -0.15) is 5.10 Å². The van der Waals surface area contributed by atoms with E-state index in [0.29, 0.717) is 28.0 Å². The molecule has 4 aliphatic heterocycles. The van der Waals surface area contributed by atoms with Crippen LogP contribution in [0, 0.1) is 0 Å². The van der Waals surface area contributed by atoms with Crippen LogP contribution in [0.1, 0.15) is 71.3 Å². The summed E-state index contributed by atoms with van der Waals surface area (Å²) >= 11 is 12.8. The van der Waals surface area contributed by atoms with Crippen molar-refractivity contribution < 1.29 is 19.0 Å². The normalized spacial score (nSPS) is 22.0. The zero-order valence-corrected chi connectivity index (χ0v) is 28.0. The number of anilines is 1. The van der Waals surface area contributed by atoms with E-state index in [9.17, 15) is 4.79 Å². The molecule has 1 amide bonds. The van der Waals surface area contributed by atoms with E-state index in [2.05, 4.69) is 16.0 Å². The number of halogens is 2. The largest absolute Gasteiger partial charge is 0.486 e. The number of carbonyl (C=O) groups excluding carboxylic acids is 1. The maximum Gasteiger partial charge on any atom is 0.410 e. The van der Waals surface area contributed by atoms with Crippen LogP contribution in [0.3, 0.4) is 0 Å². The fourth-order valence-electron chi connectivity index (χ4n) is 6.74. The molecule has 0 aliphatic carbocycles. The van der Waals surface area contributed by atoms with Gasteiger partial charge < -0.3 is 19.1 Å². The molecule has 4 atom stereocenters. The molecule has 0 spiro atoms. The number of piperidine rings is 1. The summed E-state index contributed by atoms with van der Waals surface area (Å²) in [5.74, 6) is 1.55. The first-order valence-electron chi connectivity index (χ1n) is 15.9. The maximum absolute atomic E-state index is 12.7. The van der Waals surface area contributed by atoms with E-state index in [0.717, 1.165) is 66.8 Å². The lowest BCUT2D eigenvalue weighted by Gasteiger charge is -2.56. The van der Waals surface area contributed by atoms with Crippen molar-refractivity contribution in [3.05, 3.63) is 64.5 Å². The lowest BCUT2D eigenvalue weighted by Crippen LogP contribution is -2.70. The number of benzene rings is 1. The van der Waals surface area contributed by atoms with E-state index in [4.69, 9.17) is 47.5 Å². The van der Waals surface area contributed by atoms with Crippen molar-refractivity contribution in [2.75, 3.05) is 24.6 Å². The summed E-state index contributed by atoms with van der Waals surface area (Å²) in [5.41, 5.74) is 2.84. The predicted molar refractivity (Wildman–Crippen MR) is 178 cm³/mol. The van der Waals surface area contributed by atoms with Gasteiger partial charge in [-0.25, -0.2) is 14.5 Å². The number of piperazine rings is 1. The standard InChI is InChI=1S/C34H38Cl2N6O4/c1-20(31-26(35)16-37-17-27(31)36)45-24-9-10-28-25(14-24)32(39-42(28)30-7-5-6-12-44-30)21-8-11-29(38-15-21)40-18-22-13-23(19-40)41(22)33(43)46-34(2,3)4/h8-11,14-17,20,22-23,30H,5-7,12-13,18-19H2,1-4H3/t20-,22?,23?,30?/m1/s1. The molecular formula is C34H38Cl2N6O4. The van der Waals surface area contributed by atoms with Gasteiger partial charge in [0, 0.05) is 54.8 Å². The van der Waals surface area contributed by atoms with Gasteiger partial charge in [0.2, 0.25) is 0 Å². The second kappa shape index (κ2) is 12.2. The lowest BCUT2D eigenvalue weighted by atomic mass is 9.88. The van der Waals surface area contributed by atoms with E-state index in [-0.39, 0.29) is 24.4 Å². The summed E-state index contributed by atoms with van der Waals surface area (Å²) in [6.07, 6.45) is 8.28. The minimum atomic E-state index is -0.509. The van der Waals surface area contributed by atoms with Crippen molar-refractivity contribution in [2.45, 2.75) is 83.4 Å². The van der Waals surface area contributed by atoms with Gasteiger partial charge in [-0.1, -0.05) is 23.2 Å². The quantitative estimate of drug-likeness (QED) is 0.206. The fraction of sp³-hybridized carbons (Fsp3) is 0.471. The Morgan fingerprint density at radius 3 is 2.46 bits per heavy atom.